The van der Waals surface area contributed by atoms with Crippen LogP contribution in [0.2, 0.25) is 0 Å². The Morgan fingerprint density at radius 2 is 1.73 bits per heavy atom. The molecule has 110 valence electrons. The van der Waals surface area contributed by atoms with Crippen LogP contribution in [0.25, 0.3) is 27.6 Å². The van der Waals surface area contributed by atoms with Crippen LogP contribution in [0.1, 0.15) is 11.1 Å². The molecule has 4 nitrogen and oxygen atoms in total. The fraction of sp³-hybridized carbons (Fsp3) is 0.0588. The van der Waals surface area contributed by atoms with Gasteiger partial charge in [-0.1, -0.05) is 42.5 Å². The maximum atomic E-state index is 10.9. The van der Waals surface area contributed by atoms with Crippen LogP contribution in [-0.4, -0.2) is 9.79 Å². The van der Waals surface area contributed by atoms with Gasteiger partial charge >= 0.3 is 7.82 Å². The third kappa shape index (κ3) is 2.22. The zero-order chi connectivity index (χ0) is 15.3. The molecule has 3 aromatic carbocycles. The zero-order valence-electron chi connectivity index (χ0n) is 11.6. The molecule has 0 radical (unpaired) electrons. The summed E-state index contributed by atoms with van der Waals surface area (Å²) in [7, 11) is -4.53. The van der Waals surface area contributed by atoms with Gasteiger partial charge in [-0.2, -0.15) is 0 Å². The molecule has 0 aromatic heterocycles. The van der Waals surface area contributed by atoms with Crippen molar-refractivity contribution in [3.8, 4) is 5.75 Å². The molecule has 5 heteroatoms. The van der Waals surface area contributed by atoms with Gasteiger partial charge in [0, 0.05) is 0 Å². The molecule has 1 aliphatic carbocycles. The van der Waals surface area contributed by atoms with Gasteiger partial charge in [0.05, 0.1) is 0 Å². The van der Waals surface area contributed by atoms with E-state index in [0.717, 1.165) is 22.6 Å². The summed E-state index contributed by atoms with van der Waals surface area (Å²) in [6.07, 6.45) is 5.23. The van der Waals surface area contributed by atoms with Crippen LogP contribution >= 0.6 is 7.82 Å². The second kappa shape index (κ2) is 4.68. The highest BCUT2D eigenvalue weighted by molar-refractivity contribution is 7.46. The molecule has 0 saturated heterocycles. The minimum atomic E-state index is -4.53. The third-order valence-corrected chi connectivity index (χ3v) is 4.43. The largest absolute Gasteiger partial charge is 0.524 e. The molecular weight excluding hydrogens is 299 g/mol. The second-order valence-electron chi connectivity index (χ2n) is 5.37. The average Bonchev–Trinajstić information content (AvgIpc) is 2.93. The number of fused-ring (bicyclic) bond motifs is 5. The average molecular weight is 312 g/mol. The number of hydrogen-bond acceptors (Lipinski definition) is 2. The topological polar surface area (TPSA) is 66.8 Å². The number of benzene rings is 3. The zero-order valence-corrected chi connectivity index (χ0v) is 12.5. The Labute approximate surface area is 126 Å². The smallest absolute Gasteiger partial charge is 0.404 e. The first kappa shape index (κ1) is 13.5. The van der Waals surface area contributed by atoms with E-state index in [-0.39, 0.29) is 5.75 Å². The summed E-state index contributed by atoms with van der Waals surface area (Å²) in [5.41, 5.74) is 2.59. The van der Waals surface area contributed by atoms with E-state index in [2.05, 4.69) is 34.9 Å². The number of allylic oxidation sites excluding steroid dienone is 1. The predicted octanol–water partition coefficient (Wildman–Crippen LogP) is 4.03. The Hall–Kier alpha value is -2.13. The van der Waals surface area contributed by atoms with E-state index in [1.807, 2.05) is 12.1 Å². The van der Waals surface area contributed by atoms with Gasteiger partial charge in [-0.05, 0) is 51.2 Å². The number of hydrogen-bond donors (Lipinski definition) is 2. The van der Waals surface area contributed by atoms with Crippen LogP contribution in [0, 0.1) is 0 Å². The molecule has 0 fully saturated rings. The van der Waals surface area contributed by atoms with E-state index in [1.165, 1.54) is 16.5 Å². The second-order valence-corrected chi connectivity index (χ2v) is 6.53. The van der Waals surface area contributed by atoms with Crippen molar-refractivity contribution in [1.82, 2.24) is 0 Å². The maximum absolute atomic E-state index is 10.9. The maximum Gasteiger partial charge on any atom is 0.524 e. The molecule has 0 atom stereocenters. The van der Waals surface area contributed by atoms with Crippen molar-refractivity contribution in [3.05, 3.63) is 59.7 Å². The van der Waals surface area contributed by atoms with Gasteiger partial charge in [0.25, 0.3) is 0 Å². The Bertz CT molecular complexity index is 985. The summed E-state index contributed by atoms with van der Waals surface area (Å²) in [6.45, 7) is 0. The lowest BCUT2D eigenvalue weighted by Gasteiger charge is -2.11. The Kier molecular flexibility index (Phi) is 2.88. The molecule has 0 saturated carbocycles. The number of phosphoric ester groups is 1. The van der Waals surface area contributed by atoms with Crippen LogP contribution in [0.4, 0.5) is 0 Å². The molecule has 0 bridgehead atoms. The van der Waals surface area contributed by atoms with E-state index < -0.39 is 7.82 Å². The summed E-state index contributed by atoms with van der Waals surface area (Å²) in [6, 6.07) is 13.3. The van der Waals surface area contributed by atoms with Crippen molar-refractivity contribution in [3.63, 3.8) is 0 Å². The van der Waals surface area contributed by atoms with Crippen molar-refractivity contribution >= 4 is 35.4 Å². The van der Waals surface area contributed by atoms with Crippen molar-refractivity contribution in [1.29, 1.82) is 0 Å². The Morgan fingerprint density at radius 3 is 2.55 bits per heavy atom. The standard InChI is InChI=1S/C17H13O4P/c18-22(19,20)21-13-6-9-15-12(10-13)5-8-16-14-3-1-2-11(14)4-7-17(15)16/h1-2,4-10H,3H2,(H2,18,19,20). The lowest BCUT2D eigenvalue weighted by molar-refractivity contribution is 0.283. The molecular formula is C17H13O4P. The van der Waals surface area contributed by atoms with Crippen molar-refractivity contribution in [2.75, 3.05) is 0 Å². The summed E-state index contributed by atoms with van der Waals surface area (Å²) in [5, 5.41) is 4.30. The van der Waals surface area contributed by atoms with E-state index in [4.69, 9.17) is 9.79 Å². The van der Waals surface area contributed by atoms with Gasteiger partial charge < -0.3 is 4.52 Å². The predicted molar refractivity (Wildman–Crippen MR) is 86.9 cm³/mol. The van der Waals surface area contributed by atoms with E-state index in [0.29, 0.717) is 0 Å². The molecule has 4 rings (SSSR count). The van der Waals surface area contributed by atoms with Gasteiger partial charge in [0.2, 0.25) is 0 Å². The van der Waals surface area contributed by atoms with Crippen molar-refractivity contribution < 1.29 is 18.9 Å². The highest BCUT2D eigenvalue weighted by Gasteiger charge is 2.16. The van der Waals surface area contributed by atoms with Gasteiger partial charge in [-0.15, -0.1) is 0 Å². The highest BCUT2D eigenvalue weighted by atomic mass is 31.2. The first-order valence-electron chi connectivity index (χ1n) is 6.91. The van der Waals surface area contributed by atoms with Gasteiger partial charge in [-0.3, -0.25) is 9.79 Å². The van der Waals surface area contributed by atoms with Crippen LogP contribution in [0.15, 0.2) is 48.5 Å². The van der Waals surface area contributed by atoms with Crippen LogP contribution < -0.4 is 4.52 Å². The third-order valence-electron chi connectivity index (χ3n) is 3.98. The summed E-state index contributed by atoms with van der Waals surface area (Å²) in [5.74, 6) is 0.169. The SMILES string of the molecule is O=P(O)(O)Oc1ccc2c(ccc3c4c(ccc32)C=CC4)c1. The molecule has 0 unspecified atom stereocenters. The quantitative estimate of drug-likeness (QED) is 0.554. The monoisotopic (exact) mass is 312 g/mol. The number of phosphoric acid groups is 1. The molecule has 1 aliphatic rings. The lowest BCUT2D eigenvalue weighted by atomic mass is 9.96. The van der Waals surface area contributed by atoms with Crippen LogP contribution in [0.3, 0.4) is 0 Å². The normalized spacial score (nSPS) is 13.7. The lowest BCUT2D eigenvalue weighted by Crippen LogP contribution is -1.90. The Morgan fingerprint density at radius 1 is 0.955 bits per heavy atom. The number of rotatable bonds is 2. The molecule has 2 N–H and O–H groups in total. The molecule has 0 amide bonds. The summed E-state index contributed by atoms with van der Waals surface area (Å²) in [4.78, 5) is 17.8. The van der Waals surface area contributed by atoms with Crippen molar-refractivity contribution in [2.24, 2.45) is 0 Å². The fourth-order valence-corrected chi connectivity index (χ4v) is 3.47. The molecule has 0 aliphatic heterocycles. The van der Waals surface area contributed by atoms with Crippen LogP contribution in [0.5, 0.6) is 5.75 Å². The summed E-state index contributed by atoms with van der Waals surface area (Å²) < 4.78 is 15.6. The van der Waals surface area contributed by atoms with Gasteiger partial charge in [-0.25, -0.2) is 4.57 Å². The summed E-state index contributed by atoms with van der Waals surface area (Å²) >= 11 is 0. The first-order valence-corrected chi connectivity index (χ1v) is 8.44. The van der Waals surface area contributed by atoms with Gasteiger partial charge in [0.15, 0.2) is 0 Å². The molecule has 0 heterocycles. The highest BCUT2D eigenvalue weighted by Crippen LogP contribution is 2.40. The minimum Gasteiger partial charge on any atom is -0.404 e. The minimum absolute atomic E-state index is 0.169. The van der Waals surface area contributed by atoms with E-state index >= 15 is 0 Å². The Balaban J connectivity index is 1.92. The van der Waals surface area contributed by atoms with E-state index in [1.54, 1.807) is 12.1 Å². The van der Waals surface area contributed by atoms with Crippen LogP contribution in [-0.2, 0) is 11.0 Å². The molecule has 22 heavy (non-hydrogen) atoms. The van der Waals surface area contributed by atoms with Crippen molar-refractivity contribution in [2.45, 2.75) is 6.42 Å². The molecule has 0 spiro atoms. The molecule has 3 aromatic rings. The first-order chi connectivity index (χ1) is 10.5. The van der Waals surface area contributed by atoms with Gasteiger partial charge in [0.1, 0.15) is 5.75 Å². The fourth-order valence-electron chi connectivity index (χ4n) is 3.09. The van der Waals surface area contributed by atoms with E-state index in [9.17, 15) is 4.57 Å².